The molecule has 1 saturated carbocycles. The highest BCUT2D eigenvalue weighted by molar-refractivity contribution is 6.29. The summed E-state index contributed by atoms with van der Waals surface area (Å²) in [6.07, 6.45) is 1.79. The summed E-state index contributed by atoms with van der Waals surface area (Å²) in [6.45, 7) is 4.23. The van der Waals surface area contributed by atoms with Crippen molar-refractivity contribution in [1.29, 1.82) is 0 Å². The van der Waals surface area contributed by atoms with E-state index in [1.54, 1.807) is 0 Å². The standard InChI is InChI=1S/C8H13ClN2O/c1-6(9)4-11-7(12)8(5-10)2-3-8/h1-5,10H2,(H,11,12). The van der Waals surface area contributed by atoms with Crippen molar-refractivity contribution in [2.24, 2.45) is 11.1 Å². The van der Waals surface area contributed by atoms with Crippen LogP contribution in [0.3, 0.4) is 0 Å². The zero-order valence-corrected chi connectivity index (χ0v) is 7.66. The van der Waals surface area contributed by atoms with Crippen LogP contribution in [0.2, 0.25) is 0 Å². The lowest BCUT2D eigenvalue weighted by atomic mass is 10.1. The molecule has 0 unspecified atom stereocenters. The zero-order valence-electron chi connectivity index (χ0n) is 6.90. The van der Waals surface area contributed by atoms with Gasteiger partial charge in [-0.15, -0.1) is 0 Å². The number of hydrogen-bond donors (Lipinski definition) is 2. The van der Waals surface area contributed by atoms with Crippen molar-refractivity contribution in [3.05, 3.63) is 11.6 Å². The molecule has 1 aliphatic carbocycles. The molecule has 0 aromatic rings. The van der Waals surface area contributed by atoms with Crippen LogP contribution in [-0.4, -0.2) is 19.0 Å². The maximum absolute atomic E-state index is 11.4. The summed E-state index contributed by atoms with van der Waals surface area (Å²) in [6, 6.07) is 0. The highest BCUT2D eigenvalue weighted by Gasteiger charge is 2.48. The molecule has 68 valence electrons. The van der Waals surface area contributed by atoms with Gasteiger partial charge in [-0.3, -0.25) is 4.79 Å². The van der Waals surface area contributed by atoms with E-state index in [1.807, 2.05) is 0 Å². The van der Waals surface area contributed by atoms with Crippen LogP contribution in [0, 0.1) is 5.41 Å². The van der Waals surface area contributed by atoms with E-state index >= 15 is 0 Å². The first-order valence-electron chi connectivity index (χ1n) is 3.92. The quantitative estimate of drug-likeness (QED) is 0.679. The average molecular weight is 189 g/mol. The van der Waals surface area contributed by atoms with Crippen LogP contribution >= 0.6 is 11.6 Å². The van der Waals surface area contributed by atoms with Crippen molar-refractivity contribution >= 4 is 17.5 Å². The van der Waals surface area contributed by atoms with Crippen LogP contribution in [0.5, 0.6) is 0 Å². The topological polar surface area (TPSA) is 55.1 Å². The van der Waals surface area contributed by atoms with Gasteiger partial charge in [0.05, 0.1) is 12.0 Å². The van der Waals surface area contributed by atoms with Gasteiger partial charge in [-0.25, -0.2) is 0 Å². The van der Waals surface area contributed by atoms with E-state index in [1.165, 1.54) is 0 Å². The summed E-state index contributed by atoms with van der Waals surface area (Å²) in [4.78, 5) is 11.4. The monoisotopic (exact) mass is 188 g/mol. The Bertz CT molecular complexity index is 211. The van der Waals surface area contributed by atoms with Crippen LogP contribution in [0.25, 0.3) is 0 Å². The molecule has 3 N–H and O–H groups in total. The predicted octanol–water partition coefficient (Wildman–Crippen LogP) is 0.594. The van der Waals surface area contributed by atoms with Crippen LogP contribution in [0.4, 0.5) is 0 Å². The van der Waals surface area contributed by atoms with Gasteiger partial charge in [0.15, 0.2) is 0 Å². The van der Waals surface area contributed by atoms with Gasteiger partial charge in [0.2, 0.25) is 5.91 Å². The number of carbonyl (C=O) groups excluding carboxylic acids is 1. The van der Waals surface area contributed by atoms with Crippen LogP contribution in [0.1, 0.15) is 12.8 Å². The molecule has 0 aliphatic heterocycles. The maximum atomic E-state index is 11.4. The normalized spacial score (nSPS) is 18.5. The van der Waals surface area contributed by atoms with Gasteiger partial charge in [0.1, 0.15) is 0 Å². The van der Waals surface area contributed by atoms with Crippen molar-refractivity contribution in [1.82, 2.24) is 5.32 Å². The lowest BCUT2D eigenvalue weighted by Crippen LogP contribution is -2.37. The largest absolute Gasteiger partial charge is 0.351 e. The van der Waals surface area contributed by atoms with Gasteiger partial charge in [0.25, 0.3) is 0 Å². The summed E-state index contributed by atoms with van der Waals surface area (Å²) in [5.41, 5.74) is 5.17. The Morgan fingerprint density at radius 3 is 2.58 bits per heavy atom. The van der Waals surface area contributed by atoms with E-state index in [9.17, 15) is 4.79 Å². The van der Waals surface area contributed by atoms with E-state index in [-0.39, 0.29) is 11.3 Å². The highest BCUT2D eigenvalue weighted by atomic mass is 35.5. The van der Waals surface area contributed by atoms with Crippen molar-refractivity contribution < 1.29 is 4.79 Å². The number of hydrogen-bond acceptors (Lipinski definition) is 2. The Hall–Kier alpha value is -0.540. The molecule has 4 heteroatoms. The minimum atomic E-state index is -0.285. The molecule has 0 aromatic carbocycles. The summed E-state index contributed by atoms with van der Waals surface area (Å²) in [7, 11) is 0. The first-order chi connectivity index (χ1) is 5.60. The summed E-state index contributed by atoms with van der Waals surface area (Å²) < 4.78 is 0. The van der Waals surface area contributed by atoms with Gasteiger partial charge in [-0.05, 0) is 12.8 Å². The van der Waals surface area contributed by atoms with Gasteiger partial charge in [-0.2, -0.15) is 0 Å². The molecule has 1 aliphatic rings. The molecule has 0 spiro atoms. The van der Waals surface area contributed by atoms with Crippen LogP contribution in [-0.2, 0) is 4.79 Å². The Kier molecular flexibility index (Phi) is 2.75. The van der Waals surface area contributed by atoms with Crippen molar-refractivity contribution in [2.75, 3.05) is 13.1 Å². The molecular weight excluding hydrogens is 176 g/mol. The Morgan fingerprint density at radius 2 is 2.25 bits per heavy atom. The lowest BCUT2D eigenvalue weighted by molar-refractivity contribution is -0.125. The second-order valence-electron chi connectivity index (χ2n) is 3.18. The summed E-state index contributed by atoms with van der Waals surface area (Å²) in [5.74, 6) is 0.00630. The minimum absolute atomic E-state index is 0.00630. The second kappa shape index (κ2) is 3.46. The first-order valence-corrected chi connectivity index (χ1v) is 4.30. The van der Waals surface area contributed by atoms with E-state index in [2.05, 4.69) is 11.9 Å². The molecule has 1 fully saturated rings. The average Bonchev–Trinajstić information content (AvgIpc) is 2.80. The maximum Gasteiger partial charge on any atom is 0.227 e. The molecule has 1 rings (SSSR count). The fraction of sp³-hybridized carbons (Fsp3) is 0.625. The molecule has 12 heavy (non-hydrogen) atoms. The SMILES string of the molecule is C=C(Cl)CNC(=O)C1(CN)CC1. The van der Waals surface area contributed by atoms with Gasteiger partial charge in [-0.1, -0.05) is 18.2 Å². The van der Waals surface area contributed by atoms with Gasteiger partial charge >= 0.3 is 0 Å². The second-order valence-corrected chi connectivity index (χ2v) is 3.72. The smallest absolute Gasteiger partial charge is 0.227 e. The number of nitrogens with two attached hydrogens (primary N) is 1. The molecule has 0 heterocycles. The van der Waals surface area contributed by atoms with Gasteiger partial charge in [0, 0.05) is 11.6 Å². The van der Waals surface area contributed by atoms with E-state index in [0.717, 1.165) is 12.8 Å². The van der Waals surface area contributed by atoms with Crippen LogP contribution < -0.4 is 11.1 Å². The third-order valence-electron chi connectivity index (χ3n) is 2.17. The van der Waals surface area contributed by atoms with Crippen LogP contribution in [0.15, 0.2) is 11.6 Å². The molecule has 0 aromatic heterocycles. The van der Waals surface area contributed by atoms with E-state index < -0.39 is 0 Å². The molecular formula is C8H13ClN2O. The third-order valence-corrected chi connectivity index (χ3v) is 2.30. The number of rotatable bonds is 4. The number of halogens is 1. The molecule has 3 nitrogen and oxygen atoms in total. The minimum Gasteiger partial charge on any atom is -0.351 e. The fourth-order valence-corrected chi connectivity index (χ4v) is 1.11. The van der Waals surface area contributed by atoms with E-state index in [4.69, 9.17) is 17.3 Å². The Balaban J connectivity index is 2.33. The fourth-order valence-electron chi connectivity index (χ4n) is 1.04. The summed E-state index contributed by atoms with van der Waals surface area (Å²) >= 11 is 5.50. The number of carbonyl (C=O) groups is 1. The lowest BCUT2D eigenvalue weighted by Gasteiger charge is -2.11. The third kappa shape index (κ3) is 1.99. The van der Waals surface area contributed by atoms with Crippen molar-refractivity contribution in [3.8, 4) is 0 Å². The molecule has 0 bridgehead atoms. The van der Waals surface area contributed by atoms with Crippen molar-refractivity contribution in [2.45, 2.75) is 12.8 Å². The number of nitrogens with one attached hydrogen (secondary N) is 1. The molecule has 0 saturated heterocycles. The molecule has 1 amide bonds. The van der Waals surface area contributed by atoms with Crippen molar-refractivity contribution in [3.63, 3.8) is 0 Å². The zero-order chi connectivity index (χ0) is 9.19. The molecule has 0 radical (unpaired) electrons. The molecule has 0 atom stereocenters. The summed E-state index contributed by atoms with van der Waals surface area (Å²) in [5, 5.41) is 3.13. The number of amides is 1. The predicted molar refractivity (Wildman–Crippen MR) is 48.7 cm³/mol. The Morgan fingerprint density at radius 1 is 1.67 bits per heavy atom. The van der Waals surface area contributed by atoms with Gasteiger partial charge < -0.3 is 11.1 Å². The van der Waals surface area contributed by atoms with E-state index in [0.29, 0.717) is 18.1 Å². The highest BCUT2D eigenvalue weighted by Crippen LogP contribution is 2.44. The first kappa shape index (κ1) is 9.55. The Labute approximate surface area is 77.0 Å².